The van der Waals surface area contributed by atoms with Crippen LogP contribution in [0.2, 0.25) is 0 Å². The lowest BCUT2D eigenvalue weighted by Gasteiger charge is -2.42. The number of hydrogen-bond acceptors (Lipinski definition) is 4. The van der Waals surface area contributed by atoms with Crippen molar-refractivity contribution in [1.29, 1.82) is 0 Å². The molecule has 0 aromatic heterocycles. The molecule has 3 aliphatic rings. The Kier molecular flexibility index (Phi) is 3.87. The van der Waals surface area contributed by atoms with E-state index in [-0.39, 0.29) is 12.1 Å². The number of rotatable bonds is 4. The van der Waals surface area contributed by atoms with Gasteiger partial charge in [0.05, 0.1) is 0 Å². The summed E-state index contributed by atoms with van der Waals surface area (Å²) in [6.07, 6.45) is 10.1. The first-order chi connectivity index (χ1) is 9.79. The van der Waals surface area contributed by atoms with Gasteiger partial charge in [-0.2, -0.15) is 0 Å². The van der Waals surface area contributed by atoms with E-state index in [1.54, 1.807) is 0 Å². The molecule has 5 nitrogen and oxygen atoms in total. The Morgan fingerprint density at radius 1 is 1.55 bits per heavy atom. The van der Waals surface area contributed by atoms with E-state index >= 15 is 0 Å². The highest BCUT2D eigenvalue weighted by Crippen LogP contribution is 2.36. The lowest BCUT2D eigenvalue weighted by atomic mass is 9.81. The summed E-state index contributed by atoms with van der Waals surface area (Å²) in [5.74, 6) is 0.457. The summed E-state index contributed by atoms with van der Waals surface area (Å²) in [5, 5.41) is 5.05. The smallest absolute Gasteiger partial charge is 0.224 e. The predicted molar refractivity (Wildman–Crippen MR) is 78.9 cm³/mol. The molecule has 0 aromatic carbocycles. The number of unbranched alkanes of at least 4 members (excludes halogenated alkanes) is 1. The van der Waals surface area contributed by atoms with Crippen LogP contribution in [0.15, 0.2) is 28.4 Å². The fourth-order valence-electron chi connectivity index (χ4n) is 3.05. The van der Waals surface area contributed by atoms with E-state index in [4.69, 9.17) is 0 Å². The van der Waals surface area contributed by atoms with Crippen LogP contribution < -0.4 is 10.7 Å². The normalized spacial score (nSPS) is 28.2. The van der Waals surface area contributed by atoms with Crippen molar-refractivity contribution in [3.8, 4) is 0 Å². The predicted octanol–water partition coefficient (Wildman–Crippen LogP) is 1.35. The first-order valence-corrected chi connectivity index (χ1v) is 7.50. The molecule has 2 atom stereocenters. The number of dihydropyridines is 1. The van der Waals surface area contributed by atoms with E-state index in [9.17, 15) is 4.79 Å². The van der Waals surface area contributed by atoms with E-state index in [0.717, 1.165) is 19.4 Å². The largest absolute Gasteiger partial charge is 0.355 e. The Hall–Kier alpha value is -1.62. The van der Waals surface area contributed by atoms with Crippen LogP contribution in [0.1, 0.15) is 32.6 Å². The average molecular weight is 274 g/mol. The van der Waals surface area contributed by atoms with Crippen molar-refractivity contribution >= 4 is 12.1 Å². The Morgan fingerprint density at radius 2 is 2.45 bits per heavy atom. The molecule has 0 spiro atoms. The third-order valence-corrected chi connectivity index (χ3v) is 4.11. The molecular formula is C15H22N4O. The van der Waals surface area contributed by atoms with Crippen LogP contribution >= 0.6 is 0 Å². The molecular weight excluding hydrogens is 252 g/mol. The van der Waals surface area contributed by atoms with Gasteiger partial charge < -0.3 is 5.32 Å². The molecule has 3 rings (SSSR count). The van der Waals surface area contributed by atoms with Crippen LogP contribution in [0.4, 0.5) is 0 Å². The number of fused-ring (bicyclic) bond motifs is 3. The second-order valence-electron chi connectivity index (χ2n) is 5.55. The molecule has 3 heterocycles. The standard InChI is InChI=1S/C15H22N4O/c1-2-3-7-18-19-10-11-8-14(20)17-9-13(11)12-5-4-6-16-15(12)19/h5-6,10,13,15,18H,2-4,7-9H2,1H3,(H,17,20). The van der Waals surface area contributed by atoms with Crippen molar-refractivity contribution in [2.75, 3.05) is 13.1 Å². The molecule has 0 saturated carbocycles. The average Bonchev–Trinajstić information content (AvgIpc) is 2.47. The van der Waals surface area contributed by atoms with Gasteiger partial charge in [-0.25, -0.2) is 5.43 Å². The summed E-state index contributed by atoms with van der Waals surface area (Å²) < 4.78 is 0. The monoisotopic (exact) mass is 274 g/mol. The molecule has 0 aliphatic carbocycles. The van der Waals surface area contributed by atoms with Crippen LogP contribution in [0.5, 0.6) is 0 Å². The summed E-state index contributed by atoms with van der Waals surface area (Å²) in [4.78, 5) is 16.2. The minimum atomic E-state index is 0.0596. The quantitative estimate of drug-likeness (QED) is 0.601. The van der Waals surface area contributed by atoms with Gasteiger partial charge in [-0.15, -0.1) is 0 Å². The van der Waals surface area contributed by atoms with Crippen molar-refractivity contribution in [3.05, 3.63) is 23.4 Å². The minimum absolute atomic E-state index is 0.0596. The number of allylic oxidation sites excluding steroid dienone is 1. The van der Waals surface area contributed by atoms with E-state index in [1.165, 1.54) is 17.6 Å². The number of aliphatic imine (C=N–C) groups is 1. The van der Waals surface area contributed by atoms with Crippen LogP contribution in [-0.4, -0.2) is 36.4 Å². The lowest BCUT2D eigenvalue weighted by Crippen LogP contribution is -2.51. The van der Waals surface area contributed by atoms with Gasteiger partial charge in [0, 0.05) is 44.3 Å². The number of nitrogens with zero attached hydrogens (tertiary/aromatic N) is 2. The van der Waals surface area contributed by atoms with E-state index in [0.29, 0.717) is 18.9 Å². The van der Waals surface area contributed by atoms with Crippen LogP contribution in [0, 0.1) is 5.92 Å². The molecule has 0 radical (unpaired) electrons. The van der Waals surface area contributed by atoms with Gasteiger partial charge in [0.1, 0.15) is 0 Å². The van der Waals surface area contributed by atoms with Gasteiger partial charge in [-0.3, -0.25) is 14.8 Å². The van der Waals surface area contributed by atoms with Crippen molar-refractivity contribution in [3.63, 3.8) is 0 Å². The highest BCUT2D eigenvalue weighted by atomic mass is 16.1. The third kappa shape index (κ3) is 2.50. The van der Waals surface area contributed by atoms with Crippen molar-refractivity contribution < 1.29 is 4.79 Å². The summed E-state index contributed by atoms with van der Waals surface area (Å²) in [7, 11) is 0. The number of carbonyl (C=O) groups is 1. The molecule has 0 aromatic rings. The van der Waals surface area contributed by atoms with E-state index < -0.39 is 0 Å². The lowest BCUT2D eigenvalue weighted by molar-refractivity contribution is -0.121. The SMILES string of the molecule is CCCCNN1C=C2CC(=O)NCC2C2=CCC=NC21. The number of piperidine rings is 1. The zero-order valence-corrected chi connectivity index (χ0v) is 11.9. The molecule has 1 amide bonds. The first kappa shape index (κ1) is 13.4. The molecule has 1 saturated heterocycles. The molecule has 108 valence electrons. The van der Waals surface area contributed by atoms with Crippen molar-refractivity contribution in [1.82, 2.24) is 15.8 Å². The maximum Gasteiger partial charge on any atom is 0.224 e. The maximum absolute atomic E-state index is 11.6. The topological polar surface area (TPSA) is 56.7 Å². The van der Waals surface area contributed by atoms with Gasteiger partial charge >= 0.3 is 0 Å². The fraction of sp³-hybridized carbons (Fsp3) is 0.600. The number of nitrogens with one attached hydrogen (secondary N) is 2. The van der Waals surface area contributed by atoms with Gasteiger partial charge in [0.2, 0.25) is 5.91 Å². The summed E-state index contributed by atoms with van der Waals surface area (Å²) in [5.41, 5.74) is 5.97. The number of hydrogen-bond donors (Lipinski definition) is 2. The molecule has 5 heteroatoms. The molecule has 1 fully saturated rings. The molecule has 20 heavy (non-hydrogen) atoms. The Morgan fingerprint density at radius 3 is 3.30 bits per heavy atom. The molecule has 2 N–H and O–H groups in total. The van der Waals surface area contributed by atoms with Crippen molar-refractivity contribution in [2.24, 2.45) is 10.9 Å². The Balaban J connectivity index is 1.83. The second kappa shape index (κ2) is 5.79. The summed E-state index contributed by atoms with van der Waals surface area (Å²) >= 11 is 0. The Bertz CT molecular complexity index is 480. The van der Waals surface area contributed by atoms with Gasteiger partial charge in [-0.1, -0.05) is 19.4 Å². The maximum atomic E-state index is 11.6. The number of carbonyl (C=O) groups excluding carboxylic acids is 1. The highest BCUT2D eigenvalue weighted by molar-refractivity contribution is 5.80. The van der Waals surface area contributed by atoms with Gasteiger partial charge in [0.15, 0.2) is 6.17 Å². The highest BCUT2D eigenvalue weighted by Gasteiger charge is 2.37. The van der Waals surface area contributed by atoms with Gasteiger partial charge in [-0.05, 0) is 17.6 Å². The Labute approximate surface area is 119 Å². The fourth-order valence-corrected chi connectivity index (χ4v) is 3.05. The molecule has 3 aliphatic heterocycles. The zero-order valence-electron chi connectivity index (χ0n) is 11.9. The number of amides is 1. The van der Waals surface area contributed by atoms with E-state index in [2.05, 4.69) is 39.9 Å². The van der Waals surface area contributed by atoms with Crippen molar-refractivity contribution in [2.45, 2.75) is 38.8 Å². The van der Waals surface area contributed by atoms with Gasteiger partial charge in [0.25, 0.3) is 0 Å². The summed E-state index contributed by atoms with van der Waals surface area (Å²) in [6, 6.07) is 0. The first-order valence-electron chi connectivity index (χ1n) is 7.50. The second-order valence-corrected chi connectivity index (χ2v) is 5.55. The molecule has 0 bridgehead atoms. The zero-order chi connectivity index (χ0) is 13.9. The van der Waals surface area contributed by atoms with E-state index in [1.807, 2.05) is 6.21 Å². The van der Waals surface area contributed by atoms with Crippen LogP contribution in [0.25, 0.3) is 0 Å². The van der Waals surface area contributed by atoms with Crippen LogP contribution in [-0.2, 0) is 4.79 Å². The third-order valence-electron chi connectivity index (χ3n) is 4.11. The summed E-state index contributed by atoms with van der Waals surface area (Å²) in [6.45, 7) is 3.84. The minimum Gasteiger partial charge on any atom is -0.355 e. The molecule has 2 unspecified atom stereocenters. The number of hydrazine groups is 1. The van der Waals surface area contributed by atoms with Crippen LogP contribution in [0.3, 0.4) is 0 Å².